The second kappa shape index (κ2) is 4.74. The Kier molecular flexibility index (Phi) is 3.14. The summed E-state index contributed by atoms with van der Waals surface area (Å²) < 4.78 is 1.93. The van der Waals surface area contributed by atoms with E-state index in [1.807, 2.05) is 47.2 Å². The summed E-state index contributed by atoms with van der Waals surface area (Å²) >= 11 is 0. The fraction of sp³-hybridized carbons (Fsp3) is 0.154. The summed E-state index contributed by atoms with van der Waals surface area (Å²) in [6.45, 7) is 0. The first-order valence-electron chi connectivity index (χ1n) is 5.41. The molecule has 0 aliphatic carbocycles. The van der Waals surface area contributed by atoms with E-state index in [2.05, 4.69) is 0 Å². The normalized spacial score (nSPS) is 10.4. The monoisotopic (exact) mass is 230 g/mol. The minimum absolute atomic E-state index is 0.122. The summed E-state index contributed by atoms with van der Waals surface area (Å²) in [4.78, 5) is 10.6. The van der Waals surface area contributed by atoms with Crippen molar-refractivity contribution in [3.63, 3.8) is 0 Å². The van der Waals surface area contributed by atoms with Gasteiger partial charge in [0.1, 0.15) is 0 Å². The molecule has 0 saturated carbocycles. The molecule has 2 aromatic rings. The van der Waals surface area contributed by atoms with E-state index in [4.69, 9.17) is 10.8 Å². The number of benzene rings is 1. The number of aryl methyl sites for hydroxylation is 1. The number of nitrogens with two attached hydrogens (primary N) is 1. The minimum atomic E-state index is -0.793. The summed E-state index contributed by atoms with van der Waals surface area (Å²) in [5.74, 6) is -0.793. The predicted octanol–water partition coefficient (Wildman–Crippen LogP) is 2.08. The van der Waals surface area contributed by atoms with Gasteiger partial charge in [-0.1, -0.05) is 12.1 Å². The quantitative estimate of drug-likeness (QED) is 0.790. The summed E-state index contributed by atoms with van der Waals surface area (Å²) in [7, 11) is 0. The maximum Gasteiger partial charge on any atom is 0.303 e. The number of para-hydroxylation sites is 2. The highest BCUT2D eigenvalue weighted by Crippen LogP contribution is 2.19. The van der Waals surface area contributed by atoms with Crippen LogP contribution in [0.25, 0.3) is 5.69 Å². The van der Waals surface area contributed by atoms with Gasteiger partial charge in [-0.3, -0.25) is 4.79 Å². The summed E-state index contributed by atoms with van der Waals surface area (Å²) in [6.07, 6.45) is 2.51. The van der Waals surface area contributed by atoms with Crippen molar-refractivity contribution >= 4 is 11.7 Å². The molecule has 0 spiro atoms. The number of carbonyl (C=O) groups is 1. The first-order valence-corrected chi connectivity index (χ1v) is 5.41. The lowest BCUT2D eigenvalue weighted by molar-refractivity contribution is -0.136. The lowest BCUT2D eigenvalue weighted by Gasteiger charge is -2.10. The van der Waals surface area contributed by atoms with Crippen LogP contribution >= 0.6 is 0 Å². The fourth-order valence-corrected chi connectivity index (χ4v) is 1.80. The third-order valence-corrected chi connectivity index (χ3v) is 2.62. The van der Waals surface area contributed by atoms with Crippen LogP contribution in [-0.4, -0.2) is 15.6 Å². The number of anilines is 1. The summed E-state index contributed by atoms with van der Waals surface area (Å²) in [6, 6.07) is 11.3. The molecule has 2 rings (SSSR count). The largest absolute Gasteiger partial charge is 0.481 e. The Balaban J connectivity index is 2.31. The van der Waals surface area contributed by atoms with Gasteiger partial charge < -0.3 is 15.4 Å². The second-order valence-corrected chi connectivity index (χ2v) is 3.82. The van der Waals surface area contributed by atoms with Crippen LogP contribution in [0.5, 0.6) is 0 Å². The minimum Gasteiger partial charge on any atom is -0.481 e. The number of carboxylic acids is 1. The van der Waals surface area contributed by atoms with Crippen LogP contribution in [0.4, 0.5) is 5.69 Å². The van der Waals surface area contributed by atoms with Gasteiger partial charge in [0.2, 0.25) is 0 Å². The standard InChI is InChI=1S/C13H14N2O2/c14-11-5-1-2-6-12(11)15-9-3-4-10(15)7-8-13(16)17/h1-6,9H,7-8,14H2,(H,16,17). The summed E-state index contributed by atoms with van der Waals surface area (Å²) in [5, 5.41) is 8.69. The van der Waals surface area contributed by atoms with Gasteiger partial charge in [0, 0.05) is 11.9 Å². The van der Waals surface area contributed by atoms with Gasteiger partial charge in [0.05, 0.1) is 17.8 Å². The van der Waals surface area contributed by atoms with Gasteiger partial charge in [-0.15, -0.1) is 0 Å². The molecule has 1 aromatic carbocycles. The molecule has 0 aliphatic heterocycles. The third-order valence-electron chi connectivity index (χ3n) is 2.62. The summed E-state index contributed by atoms with van der Waals surface area (Å²) in [5.41, 5.74) is 8.42. The van der Waals surface area contributed by atoms with Crippen molar-refractivity contribution in [2.24, 2.45) is 0 Å². The molecule has 4 heteroatoms. The molecule has 0 fully saturated rings. The Labute approximate surface area is 99.3 Å². The molecule has 0 atom stereocenters. The van der Waals surface area contributed by atoms with E-state index in [1.54, 1.807) is 0 Å². The van der Waals surface area contributed by atoms with Crippen molar-refractivity contribution in [3.05, 3.63) is 48.3 Å². The molecule has 0 amide bonds. The van der Waals surface area contributed by atoms with Crippen molar-refractivity contribution in [3.8, 4) is 5.69 Å². The molecule has 0 saturated heterocycles. The Morgan fingerprint density at radius 1 is 1.24 bits per heavy atom. The molecule has 17 heavy (non-hydrogen) atoms. The van der Waals surface area contributed by atoms with E-state index in [9.17, 15) is 4.79 Å². The Hall–Kier alpha value is -2.23. The number of nitrogens with zero attached hydrogens (tertiary/aromatic N) is 1. The Morgan fingerprint density at radius 3 is 2.71 bits per heavy atom. The first-order chi connectivity index (χ1) is 8.18. The van der Waals surface area contributed by atoms with Gasteiger partial charge >= 0.3 is 5.97 Å². The highest BCUT2D eigenvalue weighted by molar-refractivity contribution is 5.67. The Bertz CT molecular complexity index is 532. The number of hydrogen-bond donors (Lipinski definition) is 2. The predicted molar refractivity (Wildman–Crippen MR) is 66.1 cm³/mol. The molecular formula is C13H14N2O2. The maximum absolute atomic E-state index is 10.6. The van der Waals surface area contributed by atoms with Gasteiger partial charge in [-0.25, -0.2) is 0 Å². The smallest absolute Gasteiger partial charge is 0.303 e. The lowest BCUT2D eigenvalue weighted by Crippen LogP contribution is -2.05. The number of rotatable bonds is 4. The average Bonchev–Trinajstić information content (AvgIpc) is 2.75. The average molecular weight is 230 g/mol. The molecule has 1 aromatic heterocycles. The van der Waals surface area contributed by atoms with E-state index in [0.29, 0.717) is 12.1 Å². The highest BCUT2D eigenvalue weighted by Gasteiger charge is 2.07. The van der Waals surface area contributed by atoms with Crippen LogP contribution in [-0.2, 0) is 11.2 Å². The molecule has 0 unspecified atom stereocenters. The zero-order chi connectivity index (χ0) is 12.3. The van der Waals surface area contributed by atoms with Crippen LogP contribution in [0, 0.1) is 0 Å². The van der Waals surface area contributed by atoms with Crippen molar-refractivity contribution in [2.75, 3.05) is 5.73 Å². The molecule has 1 heterocycles. The van der Waals surface area contributed by atoms with E-state index >= 15 is 0 Å². The van der Waals surface area contributed by atoms with Gasteiger partial charge in [-0.2, -0.15) is 0 Å². The molecule has 4 nitrogen and oxygen atoms in total. The van der Waals surface area contributed by atoms with Crippen molar-refractivity contribution in [2.45, 2.75) is 12.8 Å². The van der Waals surface area contributed by atoms with Gasteiger partial charge in [-0.05, 0) is 30.7 Å². The van der Waals surface area contributed by atoms with Crippen LogP contribution in [0.2, 0.25) is 0 Å². The highest BCUT2D eigenvalue weighted by atomic mass is 16.4. The van der Waals surface area contributed by atoms with E-state index in [1.165, 1.54) is 0 Å². The van der Waals surface area contributed by atoms with Crippen molar-refractivity contribution < 1.29 is 9.90 Å². The molecule has 0 bridgehead atoms. The number of aliphatic carboxylic acids is 1. The van der Waals surface area contributed by atoms with Crippen molar-refractivity contribution in [1.82, 2.24) is 4.57 Å². The second-order valence-electron chi connectivity index (χ2n) is 3.82. The topological polar surface area (TPSA) is 68.2 Å². The van der Waals surface area contributed by atoms with Gasteiger partial charge in [0.15, 0.2) is 0 Å². The molecular weight excluding hydrogens is 216 g/mol. The van der Waals surface area contributed by atoms with Crippen LogP contribution < -0.4 is 5.73 Å². The van der Waals surface area contributed by atoms with Crippen LogP contribution in [0.3, 0.4) is 0 Å². The number of hydrogen-bond acceptors (Lipinski definition) is 2. The SMILES string of the molecule is Nc1ccccc1-n1cccc1CCC(=O)O. The molecule has 0 aliphatic rings. The zero-order valence-electron chi connectivity index (χ0n) is 9.34. The number of nitrogen functional groups attached to an aromatic ring is 1. The van der Waals surface area contributed by atoms with E-state index in [-0.39, 0.29) is 6.42 Å². The number of aromatic nitrogens is 1. The number of carboxylic acid groups (broad SMARTS) is 1. The van der Waals surface area contributed by atoms with E-state index in [0.717, 1.165) is 11.4 Å². The molecule has 88 valence electrons. The lowest BCUT2D eigenvalue weighted by atomic mass is 10.2. The first kappa shape index (κ1) is 11.3. The van der Waals surface area contributed by atoms with Crippen LogP contribution in [0.1, 0.15) is 12.1 Å². The Morgan fingerprint density at radius 2 is 2.00 bits per heavy atom. The maximum atomic E-state index is 10.6. The zero-order valence-corrected chi connectivity index (χ0v) is 9.34. The molecule has 3 N–H and O–H groups in total. The van der Waals surface area contributed by atoms with Crippen molar-refractivity contribution in [1.29, 1.82) is 0 Å². The fourth-order valence-electron chi connectivity index (χ4n) is 1.80. The van der Waals surface area contributed by atoms with Crippen LogP contribution in [0.15, 0.2) is 42.6 Å². The van der Waals surface area contributed by atoms with E-state index < -0.39 is 5.97 Å². The third kappa shape index (κ3) is 2.47. The van der Waals surface area contributed by atoms with Gasteiger partial charge in [0.25, 0.3) is 0 Å². The molecule has 0 radical (unpaired) electrons.